The monoisotopic (exact) mass is 305 g/mol. The van der Waals surface area contributed by atoms with E-state index in [1.54, 1.807) is 11.3 Å². The highest BCUT2D eigenvalue weighted by Crippen LogP contribution is 2.24. The van der Waals surface area contributed by atoms with Crippen LogP contribution >= 0.6 is 11.3 Å². The predicted octanol–water partition coefficient (Wildman–Crippen LogP) is 1.89. The number of hydrogen-bond acceptors (Lipinski definition) is 5. The van der Waals surface area contributed by atoms with Gasteiger partial charge in [-0.3, -0.25) is 4.79 Å². The molecule has 0 saturated heterocycles. The quantitative estimate of drug-likeness (QED) is 0.683. The number of nitrogens with zero attached hydrogens (tertiary/aromatic N) is 1. The van der Waals surface area contributed by atoms with E-state index in [1.807, 2.05) is 29.6 Å². The predicted molar refractivity (Wildman–Crippen MR) is 85.5 cm³/mol. The molecular formula is C15H19N3O2S. The van der Waals surface area contributed by atoms with Crippen molar-refractivity contribution in [2.75, 3.05) is 25.0 Å². The van der Waals surface area contributed by atoms with Gasteiger partial charge in [-0.15, -0.1) is 11.3 Å². The van der Waals surface area contributed by atoms with Gasteiger partial charge in [0.15, 0.2) is 0 Å². The van der Waals surface area contributed by atoms with Crippen molar-refractivity contribution in [2.45, 2.75) is 13.3 Å². The Balaban J connectivity index is 2.01. The van der Waals surface area contributed by atoms with E-state index in [-0.39, 0.29) is 12.5 Å². The number of carbonyl (C=O) groups excluding carboxylic acids is 1. The van der Waals surface area contributed by atoms with Crippen LogP contribution in [-0.4, -0.2) is 35.7 Å². The van der Waals surface area contributed by atoms with Crippen molar-refractivity contribution in [1.29, 1.82) is 0 Å². The summed E-state index contributed by atoms with van der Waals surface area (Å²) < 4.78 is 0. The van der Waals surface area contributed by atoms with Crippen LogP contribution in [0.25, 0.3) is 11.3 Å². The fourth-order valence-electron chi connectivity index (χ4n) is 1.92. The average molecular weight is 305 g/mol. The Labute approximate surface area is 128 Å². The van der Waals surface area contributed by atoms with Gasteiger partial charge in [-0.2, -0.15) is 0 Å². The normalized spacial score (nSPS) is 10.6. The zero-order chi connectivity index (χ0) is 15.1. The Bertz CT molecular complexity index is 598. The minimum absolute atomic E-state index is 0.0823. The lowest BCUT2D eigenvalue weighted by atomic mass is 10.1. The number of aromatic nitrogens is 1. The van der Waals surface area contributed by atoms with E-state index >= 15 is 0 Å². The Kier molecular flexibility index (Phi) is 5.86. The van der Waals surface area contributed by atoms with Crippen LogP contribution in [-0.2, 0) is 11.2 Å². The van der Waals surface area contributed by atoms with Gasteiger partial charge in [0.05, 0.1) is 17.3 Å². The number of amides is 1. The van der Waals surface area contributed by atoms with Crippen molar-refractivity contribution in [2.24, 2.45) is 0 Å². The molecule has 0 aliphatic rings. The number of benzene rings is 1. The van der Waals surface area contributed by atoms with E-state index in [0.717, 1.165) is 34.9 Å². The van der Waals surface area contributed by atoms with E-state index in [0.29, 0.717) is 6.54 Å². The Hall–Kier alpha value is -1.76. The van der Waals surface area contributed by atoms with Gasteiger partial charge < -0.3 is 15.7 Å². The number of hydrogen-bond donors (Lipinski definition) is 3. The van der Waals surface area contributed by atoms with Crippen LogP contribution in [0.15, 0.2) is 29.6 Å². The molecule has 0 aliphatic carbocycles. The van der Waals surface area contributed by atoms with E-state index in [9.17, 15) is 4.79 Å². The summed E-state index contributed by atoms with van der Waals surface area (Å²) in [4.78, 5) is 15.7. The van der Waals surface area contributed by atoms with Gasteiger partial charge in [0.2, 0.25) is 5.91 Å². The number of aliphatic hydroxyl groups is 1. The number of carbonyl (C=O) groups is 1. The summed E-state index contributed by atoms with van der Waals surface area (Å²) in [5, 5.41) is 17.7. The molecule has 2 aromatic rings. The molecule has 1 aromatic heterocycles. The number of rotatable bonds is 7. The Morgan fingerprint density at radius 3 is 3.00 bits per heavy atom. The molecule has 0 atom stereocenters. The summed E-state index contributed by atoms with van der Waals surface area (Å²) in [6.45, 7) is 3.06. The molecule has 0 saturated carbocycles. The second-order valence-corrected chi connectivity index (χ2v) is 5.55. The molecule has 0 spiro atoms. The fraction of sp³-hybridized carbons (Fsp3) is 0.333. The van der Waals surface area contributed by atoms with Gasteiger partial charge >= 0.3 is 0 Å². The molecule has 2 rings (SSSR count). The molecule has 0 aliphatic heterocycles. The zero-order valence-electron chi connectivity index (χ0n) is 11.9. The molecule has 3 N–H and O–H groups in total. The highest BCUT2D eigenvalue weighted by molar-refractivity contribution is 7.09. The molecule has 21 heavy (non-hydrogen) atoms. The van der Waals surface area contributed by atoms with Crippen LogP contribution < -0.4 is 10.6 Å². The molecule has 6 heteroatoms. The first-order valence-electron chi connectivity index (χ1n) is 6.83. The largest absolute Gasteiger partial charge is 0.395 e. The lowest BCUT2D eigenvalue weighted by Crippen LogP contribution is -2.20. The molecule has 0 bridgehead atoms. The van der Waals surface area contributed by atoms with Gasteiger partial charge in [-0.1, -0.05) is 12.1 Å². The van der Waals surface area contributed by atoms with Gasteiger partial charge in [0.1, 0.15) is 0 Å². The topological polar surface area (TPSA) is 74.2 Å². The molecule has 1 aromatic carbocycles. The smallest absolute Gasteiger partial charge is 0.221 e. The molecule has 112 valence electrons. The van der Waals surface area contributed by atoms with Crippen molar-refractivity contribution in [1.82, 2.24) is 10.3 Å². The van der Waals surface area contributed by atoms with E-state index in [1.165, 1.54) is 6.92 Å². The van der Waals surface area contributed by atoms with Crippen molar-refractivity contribution >= 4 is 22.9 Å². The Morgan fingerprint density at radius 2 is 2.24 bits per heavy atom. The zero-order valence-corrected chi connectivity index (χ0v) is 12.7. The first-order chi connectivity index (χ1) is 10.2. The fourth-order valence-corrected chi connectivity index (χ4v) is 2.72. The van der Waals surface area contributed by atoms with Crippen molar-refractivity contribution in [3.8, 4) is 11.3 Å². The van der Waals surface area contributed by atoms with E-state index in [4.69, 9.17) is 5.11 Å². The third-order valence-electron chi connectivity index (χ3n) is 2.83. The maximum Gasteiger partial charge on any atom is 0.221 e. The van der Waals surface area contributed by atoms with Crippen LogP contribution in [0.3, 0.4) is 0 Å². The molecule has 0 fully saturated rings. The van der Waals surface area contributed by atoms with Gasteiger partial charge in [0.25, 0.3) is 0 Å². The molecule has 0 radical (unpaired) electrons. The second-order valence-electron chi connectivity index (χ2n) is 4.61. The molecule has 5 nitrogen and oxygen atoms in total. The summed E-state index contributed by atoms with van der Waals surface area (Å²) in [6.07, 6.45) is 0.843. The summed E-state index contributed by atoms with van der Waals surface area (Å²) >= 11 is 1.62. The highest BCUT2D eigenvalue weighted by Gasteiger charge is 2.06. The van der Waals surface area contributed by atoms with E-state index in [2.05, 4.69) is 15.6 Å². The third-order valence-corrected chi connectivity index (χ3v) is 3.74. The third kappa shape index (κ3) is 4.93. The van der Waals surface area contributed by atoms with Gasteiger partial charge in [0, 0.05) is 43.1 Å². The lowest BCUT2D eigenvalue weighted by Gasteiger charge is -2.03. The van der Waals surface area contributed by atoms with Gasteiger partial charge in [-0.25, -0.2) is 4.98 Å². The second kappa shape index (κ2) is 7.87. The van der Waals surface area contributed by atoms with Gasteiger partial charge in [-0.05, 0) is 12.1 Å². The lowest BCUT2D eigenvalue weighted by molar-refractivity contribution is -0.114. The minimum atomic E-state index is -0.0823. The van der Waals surface area contributed by atoms with Crippen LogP contribution in [0.4, 0.5) is 5.69 Å². The first kappa shape index (κ1) is 15.6. The molecule has 0 unspecified atom stereocenters. The number of thiazole rings is 1. The molecule has 1 heterocycles. The average Bonchev–Trinajstić information content (AvgIpc) is 2.92. The Morgan fingerprint density at radius 1 is 1.38 bits per heavy atom. The molecular weight excluding hydrogens is 286 g/mol. The van der Waals surface area contributed by atoms with Crippen molar-refractivity contribution in [3.63, 3.8) is 0 Å². The SMILES string of the molecule is CC(=O)Nc1cccc(-c2csc(CCNCCO)n2)c1. The summed E-state index contributed by atoms with van der Waals surface area (Å²) in [7, 11) is 0. The number of anilines is 1. The van der Waals surface area contributed by atoms with E-state index < -0.39 is 0 Å². The number of aliphatic hydroxyl groups excluding tert-OH is 1. The first-order valence-corrected chi connectivity index (χ1v) is 7.71. The summed E-state index contributed by atoms with van der Waals surface area (Å²) in [5.74, 6) is -0.0823. The van der Waals surface area contributed by atoms with Crippen molar-refractivity contribution < 1.29 is 9.90 Å². The maximum absolute atomic E-state index is 11.1. The van der Waals surface area contributed by atoms with Crippen LogP contribution in [0.5, 0.6) is 0 Å². The minimum Gasteiger partial charge on any atom is -0.395 e. The highest BCUT2D eigenvalue weighted by atomic mass is 32.1. The number of nitrogens with one attached hydrogen (secondary N) is 2. The van der Waals surface area contributed by atoms with Crippen molar-refractivity contribution in [3.05, 3.63) is 34.7 Å². The van der Waals surface area contributed by atoms with Crippen LogP contribution in [0.2, 0.25) is 0 Å². The standard InChI is InChI=1S/C15H19N3O2S/c1-11(20)17-13-4-2-3-12(9-13)14-10-21-15(18-14)5-6-16-7-8-19/h2-4,9-10,16,19H,5-8H2,1H3,(H,17,20). The maximum atomic E-state index is 11.1. The molecule has 1 amide bonds. The summed E-state index contributed by atoms with van der Waals surface area (Å²) in [6, 6.07) is 7.66. The van der Waals surface area contributed by atoms with Crippen LogP contribution in [0, 0.1) is 0 Å². The van der Waals surface area contributed by atoms with Crippen LogP contribution in [0.1, 0.15) is 11.9 Å². The summed E-state index contributed by atoms with van der Waals surface area (Å²) in [5.41, 5.74) is 2.69.